The Hall–Kier alpha value is -1.88. The van der Waals surface area contributed by atoms with Crippen LogP contribution in [-0.2, 0) is 11.2 Å². The van der Waals surface area contributed by atoms with Gasteiger partial charge < -0.3 is 14.9 Å². The number of rotatable bonds is 4. The summed E-state index contributed by atoms with van der Waals surface area (Å²) in [5.41, 5.74) is 2.08. The predicted molar refractivity (Wildman–Crippen MR) is 72.6 cm³/mol. The van der Waals surface area contributed by atoms with Crippen molar-refractivity contribution >= 4 is 17.6 Å². The molecule has 1 amide bonds. The van der Waals surface area contributed by atoms with Crippen molar-refractivity contribution in [2.75, 3.05) is 32.1 Å². The monoisotopic (exact) mass is 262 g/mol. The van der Waals surface area contributed by atoms with Crippen LogP contribution in [0.4, 0.5) is 5.69 Å². The normalized spacial score (nSPS) is 13.7. The topological polar surface area (TPSA) is 60.9 Å². The van der Waals surface area contributed by atoms with Crippen molar-refractivity contribution in [3.05, 3.63) is 29.3 Å². The maximum absolute atomic E-state index is 12.1. The molecule has 1 aliphatic rings. The van der Waals surface area contributed by atoms with Crippen molar-refractivity contribution < 1.29 is 14.7 Å². The fraction of sp³-hybridized carbons (Fsp3) is 0.429. The molecule has 0 fully saturated rings. The van der Waals surface area contributed by atoms with Gasteiger partial charge in [0.05, 0.1) is 5.56 Å². The van der Waals surface area contributed by atoms with Gasteiger partial charge in [-0.05, 0) is 44.3 Å². The lowest BCUT2D eigenvalue weighted by Gasteiger charge is -2.18. The highest BCUT2D eigenvalue weighted by Gasteiger charge is 2.25. The molecule has 0 unspecified atom stereocenters. The number of carbonyl (C=O) groups is 2. The number of nitrogens with zero attached hydrogens (tertiary/aromatic N) is 2. The van der Waals surface area contributed by atoms with E-state index in [4.69, 9.17) is 5.11 Å². The Morgan fingerprint density at radius 3 is 2.74 bits per heavy atom. The minimum atomic E-state index is -0.930. The Balaban J connectivity index is 2.13. The molecule has 102 valence electrons. The zero-order valence-electron chi connectivity index (χ0n) is 11.2. The van der Waals surface area contributed by atoms with Crippen molar-refractivity contribution in [3.63, 3.8) is 0 Å². The van der Waals surface area contributed by atoms with Gasteiger partial charge in [0.2, 0.25) is 5.91 Å². The number of anilines is 1. The Kier molecular flexibility index (Phi) is 3.85. The van der Waals surface area contributed by atoms with Crippen LogP contribution in [0, 0.1) is 0 Å². The van der Waals surface area contributed by atoms with Gasteiger partial charge in [0.1, 0.15) is 0 Å². The number of carbonyl (C=O) groups excluding carboxylic acids is 1. The van der Waals surface area contributed by atoms with E-state index in [0.717, 1.165) is 24.2 Å². The van der Waals surface area contributed by atoms with Crippen LogP contribution in [0.2, 0.25) is 0 Å². The summed E-state index contributed by atoms with van der Waals surface area (Å²) in [6.45, 7) is 1.36. The molecule has 0 aromatic heterocycles. The highest BCUT2D eigenvalue weighted by atomic mass is 16.4. The molecule has 5 heteroatoms. The molecule has 1 aromatic carbocycles. The Morgan fingerprint density at radius 1 is 1.37 bits per heavy atom. The van der Waals surface area contributed by atoms with Gasteiger partial charge in [-0.1, -0.05) is 0 Å². The summed E-state index contributed by atoms with van der Waals surface area (Å²) in [6, 6.07) is 4.95. The third kappa shape index (κ3) is 2.93. The number of hydrogen-bond acceptors (Lipinski definition) is 3. The molecular formula is C14H18N2O3. The number of amides is 1. The van der Waals surface area contributed by atoms with E-state index in [1.54, 1.807) is 23.1 Å². The standard InChI is InChI=1S/C14H18N2O3/c1-15(2)7-6-13(17)16-8-5-10-9-11(14(18)19)3-4-12(10)16/h3-4,9H,5-8H2,1-2H3,(H,18,19). The summed E-state index contributed by atoms with van der Waals surface area (Å²) in [5, 5.41) is 8.95. The van der Waals surface area contributed by atoms with E-state index in [1.165, 1.54) is 0 Å². The molecule has 19 heavy (non-hydrogen) atoms. The average Bonchev–Trinajstić information content (AvgIpc) is 2.78. The number of hydrogen-bond donors (Lipinski definition) is 1. The van der Waals surface area contributed by atoms with Crippen LogP contribution < -0.4 is 4.90 Å². The maximum atomic E-state index is 12.1. The van der Waals surface area contributed by atoms with Crippen LogP contribution in [0.1, 0.15) is 22.3 Å². The second-order valence-corrected chi connectivity index (χ2v) is 5.00. The summed E-state index contributed by atoms with van der Waals surface area (Å²) in [4.78, 5) is 26.8. The minimum absolute atomic E-state index is 0.0931. The first-order chi connectivity index (χ1) is 8.99. The third-order valence-electron chi connectivity index (χ3n) is 3.30. The summed E-state index contributed by atoms with van der Waals surface area (Å²) in [5.74, 6) is -0.837. The van der Waals surface area contributed by atoms with E-state index in [0.29, 0.717) is 13.0 Å². The summed E-state index contributed by atoms with van der Waals surface area (Å²) in [6.07, 6.45) is 1.21. The van der Waals surface area contributed by atoms with E-state index in [-0.39, 0.29) is 11.5 Å². The smallest absolute Gasteiger partial charge is 0.335 e. The van der Waals surface area contributed by atoms with Crippen molar-refractivity contribution in [1.29, 1.82) is 0 Å². The first kappa shape index (κ1) is 13.5. The highest BCUT2D eigenvalue weighted by molar-refractivity contribution is 5.97. The van der Waals surface area contributed by atoms with Crippen LogP contribution in [0.3, 0.4) is 0 Å². The summed E-state index contributed by atoms with van der Waals surface area (Å²) >= 11 is 0. The number of aromatic carboxylic acids is 1. The van der Waals surface area contributed by atoms with E-state index >= 15 is 0 Å². The molecule has 1 aliphatic heterocycles. The molecule has 1 heterocycles. The minimum Gasteiger partial charge on any atom is -0.478 e. The van der Waals surface area contributed by atoms with Crippen molar-refractivity contribution in [2.45, 2.75) is 12.8 Å². The van der Waals surface area contributed by atoms with Crippen molar-refractivity contribution in [3.8, 4) is 0 Å². The second kappa shape index (κ2) is 5.40. The fourth-order valence-electron chi connectivity index (χ4n) is 2.25. The van der Waals surface area contributed by atoms with Crippen molar-refractivity contribution in [1.82, 2.24) is 4.90 Å². The van der Waals surface area contributed by atoms with Gasteiger partial charge in [-0.2, -0.15) is 0 Å². The molecule has 0 atom stereocenters. The first-order valence-corrected chi connectivity index (χ1v) is 6.30. The maximum Gasteiger partial charge on any atom is 0.335 e. The van der Waals surface area contributed by atoms with Crippen LogP contribution >= 0.6 is 0 Å². The molecule has 1 N–H and O–H groups in total. The zero-order valence-corrected chi connectivity index (χ0v) is 11.2. The van der Waals surface area contributed by atoms with Gasteiger partial charge in [-0.3, -0.25) is 4.79 Å². The number of carboxylic acids is 1. The lowest BCUT2D eigenvalue weighted by Crippen LogP contribution is -2.31. The zero-order chi connectivity index (χ0) is 14.0. The lowest BCUT2D eigenvalue weighted by atomic mass is 10.1. The van der Waals surface area contributed by atoms with Gasteiger partial charge in [-0.15, -0.1) is 0 Å². The first-order valence-electron chi connectivity index (χ1n) is 6.30. The second-order valence-electron chi connectivity index (χ2n) is 5.00. The molecule has 0 saturated carbocycles. The highest BCUT2D eigenvalue weighted by Crippen LogP contribution is 2.29. The molecule has 5 nitrogen and oxygen atoms in total. The van der Waals surface area contributed by atoms with E-state index in [9.17, 15) is 9.59 Å². The Morgan fingerprint density at radius 2 is 2.11 bits per heavy atom. The molecule has 0 bridgehead atoms. The van der Waals surface area contributed by atoms with Crippen LogP contribution in [0.25, 0.3) is 0 Å². The Bertz CT molecular complexity index is 511. The molecule has 0 saturated heterocycles. The van der Waals surface area contributed by atoms with E-state index < -0.39 is 5.97 Å². The number of benzene rings is 1. The van der Waals surface area contributed by atoms with Crippen LogP contribution in [0.5, 0.6) is 0 Å². The average molecular weight is 262 g/mol. The van der Waals surface area contributed by atoms with E-state index in [2.05, 4.69) is 0 Å². The lowest BCUT2D eigenvalue weighted by molar-refractivity contribution is -0.118. The molecule has 0 aliphatic carbocycles. The molecule has 0 radical (unpaired) electrons. The van der Waals surface area contributed by atoms with Gasteiger partial charge in [-0.25, -0.2) is 4.79 Å². The van der Waals surface area contributed by atoms with Gasteiger partial charge >= 0.3 is 5.97 Å². The van der Waals surface area contributed by atoms with Gasteiger partial charge in [0.25, 0.3) is 0 Å². The Labute approximate surface area is 112 Å². The van der Waals surface area contributed by atoms with Gasteiger partial charge in [0, 0.05) is 25.2 Å². The predicted octanol–water partition coefficient (Wildman–Crippen LogP) is 1.23. The molecule has 1 aromatic rings. The largest absolute Gasteiger partial charge is 0.478 e. The number of carboxylic acid groups (broad SMARTS) is 1. The van der Waals surface area contributed by atoms with Crippen molar-refractivity contribution in [2.24, 2.45) is 0 Å². The summed E-state index contributed by atoms with van der Waals surface area (Å²) in [7, 11) is 3.87. The summed E-state index contributed by atoms with van der Waals surface area (Å²) < 4.78 is 0. The van der Waals surface area contributed by atoms with Crippen LogP contribution in [-0.4, -0.2) is 49.1 Å². The quantitative estimate of drug-likeness (QED) is 0.886. The molecule has 0 spiro atoms. The van der Waals surface area contributed by atoms with Crippen LogP contribution in [0.15, 0.2) is 18.2 Å². The van der Waals surface area contributed by atoms with E-state index in [1.807, 2.05) is 19.0 Å². The number of fused-ring (bicyclic) bond motifs is 1. The fourth-order valence-corrected chi connectivity index (χ4v) is 2.25. The molecule has 2 rings (SSSR count). The van der Waals surface area contributed by atoms with Gasteiger partial charge in [0.15, 0.2) is 0 Å². The molecular weight excluding hydrogens is 244 g/mol. The SMILES string of the molecule is CN(C)CCC(=O)N1CCc2cc(C(=O)O)ccc21. The third-order valence-corrected chi connectivity index (χ3v) is 3.30.